The van der Waals surface area contributed by atoms with Crippen LogP contribution in [0, 0.1) is 0 Å². The topological polar surface area (TPSA) is 277 Å². The summed E-state index contributed by atoms with van der Waals surface area (Å²) in [6.45, 7) is -0.750. The fourth-order valence-corrected chi connectivity index (χ4v) is 1.05. The molecular weight excluding hydrogens is 401 g/mol. The molecule has 0 heterocycles. The Bertz CT molecular complexity index is 442. The molecule has 18 heteroatoms. The van der Waals surface area contributed by atoms with Gasteiger partial charge in [0.1, 0.15) is 0 Å². The zero-order valence-electron chi connectivity index (χ0n) is 11.9. The van der Waals surface area contributed by atoms with Crippen molar-refractivity contribution in [3.63, 3.8) is 0 Å². The summed E-state index contributed by atoms with van der Waals surface area (Å²) in [4.78, 5) is 67.2. The molecule has 0 aliphatic rings. The van der Waals surface area contributed by atoms with Gasteiger partial charge in [0.2, 0.25) is 0 Å². The Hall–Kier alpha value is -0.820. The van der Waals surface area contributed by atoms with Crippen LogP contribution in [0.5, 0.6) is 0 Å². The Kier molecular flexibility index (Phi) is 16.9. The van der Waals surface area contributed by atoms with E-state index in [0.717, 1.165) is 0 Å². The van der Waals surface area contributed by atoms with Crippen molar-refractivity contribution in [1.29, 1.82) is 0 Å². The van der Waals surface area contributed by atoms with E-state index >= 15 is 0 Å². The van der Waals surface area contributed by atoms with Crippen LogP contribution in [-0.4, -0.2) is 67.1 Å². The first-order valence-electron chi connectivity index (χ1n) is 5.30. The average Bonchev–Trinajstić information content (AvgIpc) is 2.40. The summed E-state index contributed by atoms with van der Waals surface area (Å²) < 4.78 is 36.8. The molecule has 0 atom stereocenters. The molecule has 0 aliphatic carbocycles. The number of hydrogen-bond acceptors (Lipinski definition) is 9. The van der Waals surface area contributed by atoms with Crippen LogP contribution in [0.25, 0.3) is 0 Å². The number of rotatable bonds is 6. The Morgan fingerprint density at radius 1 is 0.833 bits per heavy atom. The minimum atomic E-state index is -4.23. The molecule has 0 spiro atoms. The largest absolute Gasteiger partial charge is 0.692 e. The number of carbonyl (C=O) groups excluding carboxylic acids is 2. The summed E-state index contributed by atoms with van der Waals surface area (Å²) in [5.74, 6) is -1.66. The predicted molar refractivity (Wildman–Crippen MR) is 76.2 cm³/mol. The molecule has 0 aliphatic heterocycles. The van der Waals surface area contributed by atoms with Gasteiger partial charge in [-0.1, -0.05) is 0 Å². The van der Waals surface area contributed by atoms with E-state index in [2.05, 4.69) is 9.47 Å². The van der Waals surface area contributed by atoms with Crippen molar-refractivity contribution < 1.29 is 62.1 Å². The third-order valence-corrected chi connectivity index (χ3v) is 2.05. The Morgan fingerprint density at radius 3 is 1.17 bits per heavy atom. The van der Waals surface area contributed by atoms with Gasteiger partial charge >= 0.3 is 35.4 Å². The summed E-state index contributed by atoms with van der Waals surface area (Å²) in [6.07, 6.45) is -1.80. The standard InChI is InChI=1S/2C3H8NO5P.HO3P/c2*4-1-3(5)9-2-10(6,7)8;1-4(2)3/h2*1-2,4H2,(H2,6,7,8);(H-,1,2,3)/p+1. The van der Waals surface area contributed by atoms with Crippen LogP contribution in [0.4, 0.5) is 0 Å². The SMILES string of the molecule is NCC(=O)OCP(=O)(O)O.NCC(=O)OCP(=O)(O)O.O=[P+](O)O. The summed E-state index contributed by atoms with van der Waals surface area (Å²) in [7, 11) is -11.3. The van der Waals surface area contributed by atoms with Crippen molar-refractivity contribution in [3.8, 4) is 0 Å². The molecule has 24 heavy (non-hydrogen) atoms. The van der Waals surface area contributed by atoms with Gasteiger partial charge in [-0.25, -0.2) is 0 Å². The lowest BCUT2D eigenvalue weighted by Gasteiger charge is -2.03. The molecule has 0 unspecified atom stereocenters. The fourth-order valence-electron chi connectivity index (χ4n) is 0.430. The second-order valence-electron chi connectivity index (χ2n) is 3.28. The van der Waals surface area contributed by atoms with Gasteiger partial charge < -0.3 is 40.5 Å². The van der Waals surface area contributed by atoms with E-state index in [1.165, 1.54) is 0 Å². The Balaban J connectivity index is -0.000000301. The van der Waals surface area contributed by atoms with E-state index in [1.54, 1.807) is 0 Å². The van der Waals surface area contributed by atoms with E-state index in [1.807, 2.05) is 0 Å². The van der Waals surface area contributed by atoms with E-state index in [-0.39, 0.29) is 13.1 Å². The minimum absolute atomic E-state index is 0.375. The highest BCUT2D eigenvalue weighted by molar-refractivity contribution is 7.51. The number of hydrogen-bond donors (Lipinski definition) is 8. The van der Waals surface area contributed by atoms with Gasteiger partial charge in [0.25, 0.3) is 0 Å². The molecule has 144 valence electrons. The van der Waals surface area contributed by atoms with Crippen molar-refractivity contribution >= 4 is 35.4 Å². The molecule has 0 bridgehead atoms. The molecule has 0 rings (SSSR count). The minimum Gasteiger partial charge on any atom is -0.452 e. The molecule has 10 N–H and O–H groups in total. The van der Waals surface area contributed by atoms with Crippen molar-refractivity contribution in [2.75, 3.05) is 25.8 Å². The maximum absolute atomic E-state index is 10.2. The lowest BCUT2D eigenvalue weighted by molar-refractivity contribution is -0.141. The van der Waals surface area contributed by atoms with Crippen molar-refractivity contribution in [2.45, 2.75) is 0 Å². The third-order valence-electron chi connectivity index (χ3n) is 1.12. The summed E-state index contributed by atoms with van der Waals surface area (Å²) in [6, 6.07) is 0. The first kappa shape index (κ1) is 28.0. The lowest BCUT2D eigenvalue weighted by Crippen LogP contribution is -2.17. The molecule has 15 nitrogen and oxygen atoms in total. The van der Waals surface area contributed by atoms with E-state index in [9.17, 15) is 18.7 Å². The Morgan fingerprint density at radius 2 is 1.04 bits per heavy atom. The van der Waals surface area contributed by atoms with Crippen LogP contribution in [0.1, 0.15) is 0 Å². The van der Waals surface area contributed by atoms with Gasteiger partial charge in [0, 0.05) is 4.57 Å². The highest BCUT2D eigenvalue weighted by atomic mass is 31.2. The quantitative estimate of drug-likeness (QED) is 0.156. The van der Waals surface area contributed by atoms with E-state index in [4.69, 9.17) is 45.4 Å². The summed E-state index contributed by atoms with van der Waals surface area (Å²) >= 11 is 0. The number of nitrogens with two attached hydrogens (primary N) is 2. The summed E-state index contributed by atoms with van der Waals surface area (Å²) in [5.41, 5.74) is 9.55. The molecular formula is C6H18N2O13P3+. The van der Waals surface area contributed by atoms with E-state index < -0.39 is 48.1 Å². The van der Waals surface area contributed by atoms with Gasteiger partial charge in [0.15, 0.2) is 12.7 Å². The van der Waals surface area contributed by atoms with Crippen molar-refractivity contribution in [2.24, 2.45) is 11.5 Å². The number of carbonyl (C=O) groups is 2. The number of esters is 2. The smallest absolute Gasteiger partial charge is 0.452 e. The van der Waals surface area contributed by atoms with Crippen LogP contribution in [-0.2, 0) is 32.8 Å². The van der Waals surface area contributed by atoms with Gasteiger partial charge in [-0.3, -0.25) is 18.7 Å². The van der Waals surface area contributed by atoms with Gasteiger partial charge in [-0.05, 0) is 0 Å². The third kappa shape index (κ3) is 37.4. The van der Waals surface area contributed by atoms with E-state index in [0.29, 0.717) is 0 Å². The monoisotopic (exact) mass is 419 g/mol. The zero-order chi connectivity index (χ0) is 20.0. The second kappa shape index (κ2) is 14.5. The average molecular weight is 419 g/mol. The first-order chi connectivity index (χ1) is 10.6. The van der Waals surface area contributed by atoms with Crippen molar-refractivity contribution in [1.82, 2.24) is 0 Å². The van der Waals surface area contributed by atoms with Crippen LogP contribution in [0.3, 0.4) is 0 Å². The maximum atomic E-state index is 10.2. The zero-order valence-corrected chi connectivity index (χ0v) is 14.5. The normalized spacial score (nSPS) is 10.3. The van der Waals surface area contributed by atoms with Crippen LogP contribution in [0.15, 0.2) is 0 Å². The Labute approximate surface area is 135 Å². The maximum Gasteiger partial charge on any atom is 0.692 e. The van der Waals surface area contributed by atoms with Gasteiger partial charge in [-0.15, -0.1) is 9.79 Å². The van der Waals surface area contributed by atoms with Crippen molar-refractivity contribution in [3.05, 3.63) is 0 Å². The molecule has 0 aromatic rings. The van der Waals surface area contributed by atoms with Crippen LogP contribution >= 0.6 is 23.4 Å². The highest BCUT2D eigenvalue weighted by Crippen LogP contribution is 2.34. The molecule has 0 amide bonds. The van der Waals surface area contributed by atoms with Crippen LogP contribution < -0.4 is 11.5 Å². The highest BCUT2D eigenvalue weighted by Gasteiger charge is 2.15. The van der Waals surface area contributed by atoms with Crippen LogP contribution in [0.2, 0.25) is 0 Å². The fraction of sp³-hybridized carbons (Fsp3) is 0.667. The first-order valence-corrected chi connectivity index (χ1v) is 10.1. The molecule has 0 aromatic heterocycles. The second-order valence-corrected chi connectivity index (χ2v) is 6.96. The molecule has 0 radical (unpaired) electrons. The molecule has 0 aromatic carbocycles. The summed E-state index contributed by atoms with van der Waals surface area (Å²) in [5, 5.41) is 0. The van der Waals surface area contributed by atoms with Gasteiger partial charge in [-0.2, -0.15) is 0 Å². The molecule has 0 saturated carbocycles. The molecule has 0 saturated heterocycles. The predicted octanol–water partition coefficient (Wildman–Crippen LogP) is -3.12. The van der Waals surface area contributed by atoms with Gasteiger partial charge in [0.05, 0.1) is 13.1 Å². The molecule has 0 fully saturated rings. The lowest BCUT2D eigenvalue weighted by atomic mass is 10.7. The number of ether oxygens (including phenoxy) is 2.